The Bertz CT molecular complexity index is 551. The van der Waals surface area contributed by atoms with Crippen molar-refractivity contribution in [1.29, 1.82) is 0 Å². The van der Waals surface area contributed by atoms with E-state index in [4.69, 9.17) is 4.74 Å². The summed E-state index contributed by atoms with van der Waals surface area (Å²) in [5.41, 5.74) is 0. The van der Waals surface area contributed by atoms with E-state index >= 15 is 0 Å². The molecule has 1 unspecified atom stereocenters. The van der Waals surface area contributed by atoms with Gasteiger partial charge in [0.05, 0.1) is 18.5 Å². The van der Waals surface area contributed by atoms with Crippen LogP contribution in [0.4, 0.5) is 0 Å². The molecule has 1 heterocycles. The van der Waals surface area contributed by atoms with Gasteiger partial charge in [-0.1, -0.05) is 6.92 Å². The molecule has 0 aromatic rings. The van der Waals surface area contributed by atoms with Crippen LogP contribution in [-0.4, -0.2) is 106 Å². The van der Waals surface area contributed by atoms with Crippen molar-refractivity contribution >= 4 is 40.0 Å². The Morgan fingerprint density at radius 1 is 1.21 bits per heavy atom. The van der Waals surface area contributed by atoms with Crippen LogP contribution in [0.5, 0.6) is 0 Å². The van der Waals surface area contributed by atoms with Crippen LogP contribution in [0.15, 0.2) is 4.99 Å². The van der Waals surface area contributed by atoms with Gasteiger partial charge in [-0.2, -0.15) is 4.31 Å². The summed E-state index contributed by atoms with van der Waals surface area (Å²) in [6.07, 6.45) is 1.18. The molecule has 0 aromatic carbocycles. The molecule has 1 rings (SSSR count). The zero-order chi connectivity index (χ0) is 20.4. The van der Waals surface area contributed by atoms with Gasteiger partial charge in [0.15, 0.2) is 5.96 Å². The van der Waals surface area contributed by atoms with Crippen LogP contribution in [0, 0.1) is 0 Å². The van der Waals surface area contributed by atoms with Gasteiger partial charge >= 0.3 is 0 Å². The lowest BCUT2D eigenvalue weighted by Gasteiger charge is -2.36. The lowest BCUT2D eigenvalue weighted by Crippen LogP contribution is -2.54. The number of nitrogens with one attached hydrogen (secondary N) is 1. The fourth-order valence-corrected chi connectivity index (χ4v) is 4.19. The van der Waals surface area contributed by atoms with Crippen molar-refractivity contribution in [2.45, 2.75) is 46.3 Å². The van der Waals surface area contributed by atoms with Crippen LogP contribution >= 0.6 is 24.0 Å². The molecule has 8 nitrogen and oxygen atoms in total. The fourth-order valence-electron chi connectivity index (χ4n) is 2.90. The first-order valence-electron chi connectivity index (χ1n) is 9.96. The quantitative estimate of drug-likeness (QED) is 0.259. The van der Waals surface area contributed by atoms with E-state index in [-0.39, 0.29) is 42.4 Å². The minimum Gasteiger partial charge on any atom is -0.378 e. The summed E-state index contributed by atoms with van der Waals surface area (Å²) in [5.74, 6) is 0.882. The van der Waals surface area contributed by atoms with E-state index in [1.54, 1.807) is 11.4 Å². The molecular formula is C18H40IN5O3S. The van der Waals surface area contributed by atoms with Gasteiger partial charge in [-0.25, -0.2) is 8.42 Å². The number of likely N-dealkylation sites (N-methyl/N-ethyl adjacent to an activating group) is 1. The van der Waals surface area contributed by atoms with E-state index in [0.29, 0.717) is 32.2 Å². The van der Waals surface area contributed by atoms with Crippen LogP contribution in [0.1, 0.15) is 34.1 Å². The molecule has 0 aliphatic carbocycles. The van der Waals surface area contributed by atoms with E-state index in [0.717, 1.165) is 25.5 Å². The zero-order valence-corrected chi connectivity index (χ0v) is 21.5. The monoisotopic (exact) mass is 533 g/mol. The normalized spacial score (nSPS) is 17.7. The lowest BCUT2D eigenvalue weighted by atomic mass is 10.2. The summed E-state index contributed by atoms with van der Waals surface area (Å²) in [6.45, 7) is 12.5. The molecule has 0 bridgehead atoms. The second-order valence-corrected chi connectivity index (χ2v) is 9.42. The Kier molecular flexibility index (Phi) is 13.9. The number of aliphatic imine (C=N–C) groups is 1. The molecule has 1 aliphatic rings. The fraction of sp³-hybridized carbons (Fsp3) is 0.944. The maximum Gasteiger partial charge on any atom is 0.216 e. The van der Waals surface area contributed by atoms with Crippen LogP contribution in [0.2, 0.25) is 0 Å². The largest absolute Gasteiger partial charge is 0.378 e. The van der Waals surface area contributed by atoms with Crippen LogP contribution in [0.25, 0.3) is 0 Å². The zero-order valence-electron chi connectivity index (χ0n) is 18.3. The lowest BCUT2D eigenvalue weighted by molar-refractivity contribution is 0.0904. The smallest absolute Gasteiger partial charge is 0.216 e. The minimum atomic E-state index is -3.26. The average molecular weight is 534 g/mol. The highest BCUT2D eigenvalue weighted by Gasteiger charge is 2.28. The van der Waals surface area contributed by atoms with Gasteiger partial charge in [-0.3, -0.25) is 4.99 Å². The van der Waals surface area contributed by atoms with E-state index in [1.165, 1.54) is 0 Å². The topological polar surface area (TPSA) is 77.5 Å². The van der Waals surface area contributed by atoms with Gasteiger partial charge in [0.2, 0.25) is 10.0 Å². The number of hydrogen-bond acceptors (Lipinski definition) is 5. The summed E-state index contributed by atoms with van der Waals surface area (Å²) in [4.78, 5) is 8.80. The molecule has 0 radical (unpaired) electrons. The first-order chi connectivity index (χ1) is 12.7. The Labute approximate surface area is 189 Å². The summed E-state index contributed by atoms with van der Waals surface area (Å²) in [6, 6.07) is 0.558. The van der Waals surface area contributed by atoms with Gasteiger partial charge in [-0.15, -0.1) is 24.0 Å². The van der Waals surface area contributed by atoms with Crippen LogP contribution in [0.3, 0.4) is 0 Å². The Morgan fingerprint density at radius 2 is 1.82 bits per heavy atom. The Morgan fingerprint density at radius 3 is 2.32 bits per heavy atom. The standard InChI is InChI=1S/C18H39N5O3S.HI/c1-7-17(4)21(6)9-8-20-18(19-5)22-10-12-23(13-11-22)27(24,25)15-14-26-16(2)3;/h16-17H,7-15H2,1-6H3,(H,19,20);1H. The molecule has 10 heteroatoms. The minimum absolute atomic E-state index is 0. The van der Waals surface area contributed by atoms with E-state index in [2.05, 4.69) is 41.0 Å². The van der Waals surface area contributed by atoms with Crippen molar-refractivity contribution in [3.05, 3.63) is 0 Å². The van der Waals surface area contributed by atoms with Crippen molar-refractivity contribution in [2.24, 2.45) is 4.99 Å². The summed E-state index contributed by atoms with van der Waals surface area (Å²) >= 11 is 0. The van der Waals surface area contributed by atoms with Crippen molar-refractivity contribution in [2.75, 3.05) is 65.7 Å². The third-order valence-electron chi connectivity index (χ3n) is 5.03. The molecule has 1 atom stereocenters. The van der Waals surface area contributed by atoms with E-state index < -0.39 is 10.0 Å². The van der Waals surface area contributed by atoms with Gasteiger partial charge in [0.1, 0.15) is 0 Å². The third-order valence-corrected chi connectivity index (χ3v) is 6.86. The number of nitrogens with zero attached hydrogens (tertiary/aromatic N) is 4. The number of hydrogen-bond donors (Lipinski definition) is 1. The molecule has 1 fully saturated rings. The summed E-state index contributed by atoms with van der Waals surface area (Å²) in [7, 11) is 0.640. The maximum absolute atomic E-state index is 12.4. The average Bonchev–Trinajstić information content (AvgIpc) is 2.64. The number of piperazine rings is 1. The third kappa shape index (κ3) is 9.55. The molecule has 1 aliphatic heterocycles. The molecule has 28 heavy (non-hydrogen) atoms. The highest BCUT2D eigenvalue weighted by Crippen LogP contribution is 2.09. The molecule has 168 valence electrons. The van der Waals surface area contributed by atoms with Gasteiger partial charge < -0.3 is 19.9 Å². The number of ether oxygens (including phenoxy) is 1. The molecule has 0 aromatic heterocycles. The molecule has 0 spiro atoms. The summed E-state index contributed by atoms with van der Waals surface area (Å²) < 4.78 is 31.8. The predicted octanol–water partition coefficient (Wildman–Crippen LogP) is 1.28. The molecule has 1 saturated heterocycles. The van der Waals surface area contributed by atoms with Gasteiger partial charge in [0.25, 0.3) is 0 Å². The molecule has 0 amide bonds. The second kappa shape index (κ2) is 13.9. The number of guanidine groups is 1. The molecule has 1 N–H and O–H groups in total. The van der Waals surface area contributed by atoms with Gasteiger partial charge in [-0.05, 0) is 34.2 Å². The van der Waals surface area contributed by atoms with Crippen molar-refractivity contribution < 1.29 is 13.2 Å². The number of halogens is 1. The van der Waals surface area contributed by atoms with Crippen LogP contribution in [-0.2, 0) is 14.8 Å². The van der Waals surface area contributed by atoms with Crippen LogP contribution < -0.4 is 5.32 Å². The molecular weight excluding hydrogens is 493 g/mol. The summed E-state index contributed by atoms with van der Waals surface area (Å²) in [5, 5.41) is 3.40. The first-order valence-corrected chi connectivity index (χ1v) is 11.6. The van der Waals surface area contributed by atoms with Gasteiger partial charge in [0, 0.05) is 52.4 Å². The van der Waals surface area contributed by atoms with Crippen molar-refractivity contribution in [3.63, 3.8) is 0 Å². The SMILES string of the molecule is CCC(C)N(C)CCNC(=NC)N1CCN(S(=O)(=O)CCOC(C)C)CC1.I. The van der Waals surface area contributed by atoms with E-state index in [1.807, 2.05) is 13.8 Å². The van der Waals surface area contributed by atoms with E-state index in [9.17, 15) is 8.42 Å². The molecule has 0 saturated carbocycles. The number of sulfonamides is 1. The Hall–Kier alpha value is -0.170. The highest BCUT2D eigenvalue weighted by atomic mass is 127. The maximum atomic E-state index is 12.4. The second-order valence-electron chi connectivity index (χ2n) is 7.33. The van der Waals surface area contributed by atoms with Crippen molar-refractivity contribution in [1.82, 2.24) is 19.4 Å². The number of rotatable bonds is 10. The predicted molar refractivity (Wildman–Crippen MR) is 127 cm³/mol. The highest BCUT2D eigenvalue weighted by molar-refractivity contribution is 14.0. The van der Waals surface area contributed by atoms with Crippen molar-refractivity contribution in [3.8, 4) is 0 Å². The first kappa shape index (κ1) is 27.8. The Balaban J connectivity index is 0.00000729.